The van der Waals surface area contributed by atoms with Gasteiger partial charge in [-0.3, -0.25) is 0 Å². The lowest BCUT2D eigenvalue weighted by atomic mass is 10.0. The van der Waals surface area contributed by atoms with Crippen molar-refractivity contribution in [2.24, 2.45) is 0 Å². The summed E-state index contributed by atoms with van der Waals surface area (Å²) < 4.78 is 5.62. The number of H-pyrrole nitrogens is 1. The van der Waals surface area contributed by atoms with Crippen LogP contribution in [0.3, 0.4) is 0 Å². The van der Waals surface area contributed by atoms with Crippen LogP contribution in [-0.2, 0) is 0 Å². The lowest BCUT2D eigenvalue weighted by Gasteiger charge is -2.34. The van der Waals surface area contributed by atoms with E-state index in [2.05, 4.69) is 28.3 Å². The van der Waals surface area contributed by atoms with Gasteiger partial charge in [0.05, 0.1) is 12.1 Å². The molecule has 2 N–H and O–H groups in total. The maximum atomic E-state index is 9.87. The van der Waals surface area contributed by atoms with Gasteiger partial charge in [-0.1, -0.05) is 25.1 Å². The SMILES string of the molecule is C=C(O)c1c[nH]c2cc(Cl)c(-c3ccc(N4CCN(CC)CC4)nc3OC)cc12. The number of ether oxygens (including phenoxy) is 1. The van der Waals surface area contributed by atoms with Crippen LogP contribution in [0.1, 0.15) is 12.5 Å². The third kappa shape index (κ3) is 3.66. The minimum atomic E-state index is 0.0104. The number of halogens is 1. The number of aromatic amines is 1. The molecule has 1 aliphatic rings. The van der Waals surface area contributed by atoms with Crippen LogP contribution in [0.25, 0.3) is 27.8 Å². The summed E-state index contributed by atoms with van der Waals surface area (Å²) in [5.41, 5.74) is 3.09. The van der Waals surface area contributed by atoms with Crippen LogP contribution < -0.4 is 9.64 Å². The highest BCUT2D eigenvalue weighted by molar-refractivity contribution is 6.34. The Morgan fingerprint density at radius 2 is 2.00 bits per heavy atom. The Morgan fingerprint density at radius 3 is 2.66 bits per heavy atom. The van der Waals surface area contributed by atoms with Crippen molar-refractivity contribution < 1.29 is 9.84 Å². The Balaban J connectivity index is 1.72. The molecule has 7 heteroatoms. The summed E-state index contributed by atoms with van der Waals surface area (Å²) >= 11 is 6.57. The van der Waals surface area contributed by atoms with Crippen molar-refractivity contribution >= 4 is 34.1 Å². The predicted octanol–water partition coefficient (Wildman–Crippen LogP) is 4.56. The molecule has 1 aromatic carbocycles. The van der Waals surface area contributed by atoms with E-state index in [4.69, 9.17) is 21.3 Å². The summed E-state index contributed by atoms with van der Waals surface area (Å²) in [5.74, 6) is 1.45. The lowest BCUT2D eigenvalue weighted by molar-refractivity contribution is 0.270. The largest absolute Gasteiger partial charge is 0.508 e. The zero-order chi connectivity index (χ0) is 20.5. The average Bonchev–Trinajstić information content (AvgIpc) is 3.15. The van der Waals surface area contributed by atoms with E-state index in [0.717, 1.165) is 60.6 Å². The van der Waals surface area contributed by atoms with E-state index in [-0.39, 0.29) is 5.76 Å². The number of nitrogens with one attached hydrogen (secondary N) is 1. The molecule has 0 radical (unpaired) electrons. The van der Waals surface area contributed by atoms with Crippen LogP contribution >= 0.6 is 11.6 Å². The molecule has 0 amide bonds. The smallest absolute Gasteiger partial charge is 0.223 e. The Hall–Kier alpha value is -2.70. The molecule has 0 saturated carbocycles. The van der Waals surface area contributed by atoms with Crippen molar-refractivity contribution in [2.75, 3.05) is 44.7 Å². The maximum Gasteiger partial charge on any atom is 0.223 e. The molecule has 1 saturated heterocycles. The molecule has 0 atom stereocenters. The molecule has 0 bridgehead atoms. The molecule has 3 aromatic rings. The van der Waals surface area contributed by atoms with E-state index in [9.17, 15) is 5.11 Å². The van der Waals surface area contributed by atoms with E-state index < -0.39 is 0 Å². The fourth-order valence-corrected chi connectivity index (χ4v) is 4.11. The normalized spacial score (nSPS) is 15.1. The van der Waals surface area contributed by atoms with Crippen LogP contribution in [0.4, 0.5) is 5.82 Å². The fraction of sp³-hybridized carbons (Fsp3) is 0.318. The predicted molar refractivity (Wildman–Crippen MR) is 119 cm³/mol. The van der Waals surface area contributed by atoms with Gasteiger partial charge in [0, 0.05) is 60.0 Å². The van der Waals surface area contributed by atoms with Gasteiger partial charge in [0.2, 0.25) is 5.88 Å². The summed E-state index contributed by atoms with van der Waals surface area (Å²) in [6.45, 7) is 10.9. The van der Waals surface area contributed by atoms with Crippen molar-refractivity contribution in [1.82, 2.24) is 14.9 Å². The molecule has 0 aliphatic carbocycles. The third-order valence-electron chi connectivity index (χ3n) is 5.55. The first-order chi connectivity index (χ1) is 14.0. The summed E-state index contributed by atoms with van der Waals surface area (Å²) in [4.78, 5) is 12.6. The number of aliphatic hydroxyl groups is 1. The van der Waals surface area contributed by atoms with Gasteiger partial charge < -0.3 is 24.6 Å². The zero-order valence-electron chi connectivity index (χ0n) is 16.7. The molecule has 29 heavy (non-hydrogen) atoms. The van der Waals surface area contributed by atoms with Crippen molar-refractivity contribution in [3.8, 4) is 17.0 Å². The van der Waals surface area contributed by atoms with Crippen molar-refractivity contribution in [1.29, 1.82) is 0 Å². The number of benzene rings is 1. The highest BCUT2D eigenvalue weighted by atomic mass is 35.5. The number of nitrogens with zero attached hydrogens (tertiary/aromatic N) is 3. The summed E-state index contributed by atoms with van der Waals surface area (Å²) in [5, 5.41) is 11.3. The molecule has 3 heterocycles. The monoisotopic (exact) mass is 412 g/mol. The molecular weight excluding hydrogens is 388 g/mol. The van der Waals surface area contributed by atoms with Crippen LogP contribution in [0.15, 0.2) is 37.0 Å². The molecule has 0 unspecified atom stereocenters. The Morgan fingerprint density at radius 1 is 1.24 bits per heavy atom. The van der Waals surface area contributed by atoms with Gasteiger partial charge in [-0.25, -0.2) is 0 Å². The number of rotatable bonds is 5. The second-order valence-electron chi connectivity index (χ2n) is 7.17. The second-order valence-corrected chi connectivity index (χ2v) is 7.58. The van der Waals surface area contributed by atoms with Gasteiger partial charge in [0.1, 0.15) is 11.6 Å². The van der Waals surface area contributed by atoms with Crippen LogP contribution in [0, 0.1) is 0 Å². The molecule has 1 aliphatic heterocycles. The second kappa shape index (κ2) is 7.97. The number of aromatic nitrogens is 2. The zero-order valence-corrected chi connectivity index (χ0v) is 17.5. The van der Waals surface area contributed by atoms with Crippen molar-refractivity contribution in [2.45, 2.75) is 6.92 Å². The van der Waals surface area contributed by atoms with Gasteiger partial charge in [-0.05, 0) is 30.8 Å². The highest BCUT2D eigenvalue weighted by Crippen LogP contribution is 2.39. The minimum Gasteiger partial charge on any atom is -0.508 e. The van der Waals surface area contributed by atoms with Crippen molar-refractivity contribution in [3.05, 3.63) is 47.6 Å². The number of piperazine rings is 1. The van der Waals surface area contributed by atoms with Gasteiger partial charge in [-0.15, -0.1) is 0 Å². The van der Waals surface area contributed by atoms with E-state index in [1.54, 1.807) is 13.3 Å². The molecular formula is C22H25ClN4O2. The minimum absolute atomic E-state index is 0.0104. The van der Waals surface area contributed by atoms with E-state index >= 15 is 0 Å². The number of methoxy groups -OCH3 is 1. The number of anilines is 1. The first-order valence-corrected chi connectivity index (χ1v) is 10.1. The van der Waals surface area contributed by atoms with Crippen LogP contribution in [0.5, 0.6) is 5.88 Å². The summed E-state index contributed by atoms with van der Waals surface area (Å²) in [6, 6.07) is 7.80. The molecule has 152 valence electrons. The van der Waals surface area contributed by atoms with Gasteiger partial charge in [-0.2, -0.15) is 4.98 Å². The van der Waals surface area contributed by atoms with Crippen LogP contribution in [0.2, 0.25) is 5.02 Å². The first-order valence-electron chi connectivity index (χ1n) is 9.73. The first kappa shape index (κ1) is 19.6. The Bertz CT molecular complexity index is 1050. The molecule has 4 rings (SSSR count). The summed E-state index contributed by atoms with van der Waals surface area (Å²) in [7, 11) is 1.62. The molecule has 2 aromatic heterocycles. The topological polar surface area (TPSA) is 64.6 Å². The lowest BCUT2D eigenvalue weighted by Crippen LogP contribution is -2.46. The number of hydrogen-bond donors (Lipinski definition) is 2. The number of likely N-dealkylation sites (N-methyl/N-ethyl adjacent to an activating group) is 1. The Labute approximate surface area is 175 Å². The number of pyridine rings is 1. The quantitative estimate of drug-likeness (QED) is 0.601. The van der Waals surface area contributed by atoms with E-state index in [0.29, 0.717) is 16.5 Å². The van der Waals surface area contributed by atoms with Crippen molar-refractivity contribution in [3.63, 3.8) is 0 Å². The van der Waals surface area contributed by atoms with E-state index in [1.165, 1.54) is 0 Å². The van der Waals surface area contributed by atoms with Gasteiger partial charge >= 0.3 is 0 Å². The highest BCUT2D eigenvalue weighted by Gasteiger charge is 2.20. The van der Waals surface area contributed by atoms with Gasteiger partial charge in [0.25, 0.3) is 0 Å². The molecule has 1 fully saturated rings. The Kier molecular flexibility index (Phi) is 5.39. The summed E-state index contributed by atoms with van der Waals surface area (Å²) in [6.07, 6.45) is 1.72. The number of hydrogen-bond acceptors (Lipinski definition) is 5. The third-order valence-corrected chi connectivity index (χ3v) is 5.87. The number of fused-ring (bicyclic) bond motifs is 1. The number of aliphatic hydroxyl groups excluding tert-OH is 1. The van der Waals surface area contributed by atoms with Gasteiger partial charge in [0.15, 0.2) is 0 Å². The molecule has 6 nitrogen and oxygen atoms in total. The standard InChI is InChI=1S/C22H25ClN4O2/c1-4-26-7-9-27(10-8-26)21-6-5-15(22(25-21)29-3)16-11-17-18(14(2)28)13-24-20(17)12-19(16)23/h5-6,11-13,24,28H,2,4,7-10H2,1,3H3. The van der Waals surface area contributed by atoms with Crippen LogP contribution in [-0.4, -0.2) is 59.8 Å². The van der Waals surface area contributed by atoms with E-state index in [1.807, 2.05) is 24.3 Å². The maximum absolute atomic E-state index is 9.87. The average molecular weight is 413 g/mol. The fourth-order valence-electron chi connectivity index (χ4n) is 3.85. The molecule has 0 spiro atoms.